The predicted octanol–water partition coefficient (Wildman–Crippen LogP) is 2.40. The van der Waals surface area contributed by atoms with Crippen molar-refractivity contribution < 1.29 is 23.2 Å². The van der Waals surface area contributed by atoms with Crippen molar-refractivity contribution in [3.05, 3.63) is 27.8 Å². The van der Waals surface area contributed by atoms with E-state index in [2.05, 4.69) is 0 Å². The van der Waals surface area contributed by atoms with Crippen LogP contribution in [-0.2, 0) is 0 Å². The third-order valence-corrected chi connectivity index (χ3v) is 2.55. The maximum absolute atomic E-state index is 12.3. The molecule has 1 aromatic rings. The summed E-state index contributed by atoms with van der Waals surface area (Å²) in [4.78, 5) is 10.2. The molecule has 2 N–H and O–H groups in total. The zero-order valence-electron chi connectivity index (χ0n) is 9.55. The number of nitrogens with zero attached hydrogens (tertiary/aromatic N) is 1. The van der Waals surface area contributed by atoms with E-state index in [0.717, 1.165) is 6.07 Å². The van der Waals surface area contributed by atoms with E-state index in [9.17, 15) is 18.9 Å². The number of alkyl halides is 2. The Bertz CT molecular complexity index is 487. The SMILES string of the molecule is Cl.N[C@H](CC(F)F)c1cc2c(cc1[N+](=O)[O-])OCO2. The number of nitro groups is 1. The smallest absolute Gasteiger partial charge is 0.278 e. The van der Waals surface area contributed by atoms with Crippen molar-refractivity contribution >= 4 is 18.1 Å². The molecule has 0 bridgehead atoms. The minimum Gasteiger partial charge on any atom is -0.454 e. The first-order chi connectivity index (χ1) is 8.49. The minimum absolute atomic E-state index is 0. The summed E-state index contributed by atoms with van der Waals surface area (Å²) in [5, 5.41) is 10.9. The van der Waals surface area contributed by atoms with Crippen molar-refractivity contribution in [1.82, 2.24) is 0 Å². The van der Waals surface area contributed by atoms with E-state index in [1.54, 1.807) is 0 Å². The lowest BCUT2D eigenvalue weighted by Crippen LogP contribution is -2.15. The van der Waals surface area contributed by atoms with Crippen molar-refractivity contribution in [3.8, 4) is 11.5 Å². The molecule has 1 heterocycles. The van der Waals surface area contributed by atoms with Crippen molar-refractivity contribution in [1.29, 1.82) is 0 Å². The number of benzene rings is 1. The number of nitrogens with two attached hydrogens (primary N) is 1. The van der Waals surface area contributed by atoms with Crippen LogP contribution in [0.25, 0.3) is 0 Å². The van der Waals surface area contributed by atoms with Crippen molar-refractivity contribution in [3.63, 3.8) is 0 Å². The lowest BCUT2D eigenvalue weighted by Gasteiger charge is -2.12. The lowest BCUT2D eigenvalue weighted by atomic mass is 10.0. The van der Waals surface area contributed by atoms with Crippen LogP contribution in [0.5, 0.6) is 11.5 Å². The second kappa shape index (κ2) is 5.98. The molecule has 1 aliphatic heterocycles. The van der Waals surface area contributed by atoms with Crippen LogP contribution in [0, 0.1) is 10.1 Å². The maximum atomic E-state index is 12.3. The highest BCUT2D eigenvalue weighted by Crippen LogP contribution is 2.40. The van der Waals surface area contributed by atoms with E-state index < -0.39 is 23.8 Å². The van der Waals surface area contributed by atoms with Gasteiger partial charge in [0.1, 0.15) is 0 Å². The van der Waals surface area contributed by atoms with Gasteiger partial charge in [-0.25, -0.2) is 8.78 Å². The molecule has 0 radical (unpaired) electrons. The maximum Gasteiger partial charge on any atom is 0.278 e. The van der Waals surface area contributed by atoms with Crippen LogP contribution in [0.4, 0.5) is 14.5 Å². The minimum atomic E-state index is -2.63. The Morgan fingerprint density at radius 2 is 1.95 bits per heavy atom. The summed E-state index contributed by atoms with van der Waals surface area (Å²) >= 11 is 0. The van der Waals surface area contributed by atoms with Gasteiger partial charge in [-0.15, -0.1) is 12.4 Å². The molecule has 1 atom stereocenters. The molecule has 106 valence electrons. The molecule has 0 fully saturated rings. The molecular formula is C10H11ClF2N2O4. The third-order valence-electron chi connectivity index (χ3n) is 2.55. The van der Waals surface area contributed by atoms with Crippen molar-refractivity contribution in [2.45, 2.75) is 18.9 Å². The number of hydrogen-bond acceptors (Lipinski definition) is 5. The first-order valence-electron chi connectivity index (χ1n) is 5.10. The van der Waals surface area contributed by atoms with Gasteiger partial charge in [-0.3, -0.25) is 10.1 Å². The first kappa shape index (κ1) is 15.4. The molecule has 0 saturated heterocycles. The highest BCUT2D eigenvalue weighted by atomic mass is 35.5. The molecule has 0 aromatic heterocycles. The van der Waals surface area contributed by atoms with Crippen LogP contribution >= 0.6 is 12.4 Å². The Balaban J connectivity index is 0.00000180. The van der Waals surface area contributed by atoms with E-state index >= 15 is 0 Å². The van der Waals surface area contributed by atoms with Crippen molar-refractivity contribution in [2.24, 2.45) is 5.73 Å². The van der Waals surface area contributed by atoms with E-state index in [0.29, 0.717) is 0 Å². The van der Waals surface area contributed by atoms with Gasteiger partial charge in [-0.05, 0) is 6.07 Å². The van der Waals surface area contributed by atoms with E-state index in [1.165, 1.54) is 6.07 Å². The zero-order chi connectivity index (χ0) is 13.3. The standard InChI is InChI=1S/C10H10F2N2O4.ClH/c11-10(12)2-6(13)5-1-8-9(18-4-17-8)3-7(5)14(15)16;/h1,3,6,10H,2,4,13H2;1H/t6-;/m1./s1. The molecule has 1 aliphatic rings. The summed E-state index contributed by atoms with van der Waals surface area (Å²) in [5.74, 6) is 0.495. The largest absolute Gasteiger partial charge is 0.454 e. The number of ether oxygens (including phenoxy) is 2. The van der Waals surface area contributed by atoms with Gasteiger partial charge in [0.05, 0.1) is 16.6 Å². The van der Waals surface area contributed by atoms with Crippen LogP contribution in [0.15, 0.2) is 12.1 Å². The fourth-order valence-corrected chi connectivity index (χ4v) is 1.72. The number of nitro benzene ring substituents is 1. The fourth-order valence-electron chi connectivity index (χ4n) is 1.72. The van der Waals surface area contributed by atoms with Crippen LogP contribution < -0.4 is 15.2 Å². The van der Waals surface area contributed by atoms with Gasteiger partial charge < -0.3 is 15.2 Å². The molecule has 2 rings (SSSR count). The van der Waals surface area contributed by atoms with Crippen LogP contribution in [0.1, 0.15) is 18.0 Å². The monoisotopic (exact) mass is 296 g/mol. The van der Waals surface area contributed by atoms with Crippen LogP contribution in [0.2, 0.25) is 0 Å². The number of hydrogen-bond donors (Lipinski definition) is 1. The van der Waals surface area contributed by atoms with Gasteiger partial charge in [0, 0.05) is 12.5 Å². The predicted molar refractivity (Wildman–Crippen MR) is 64.0 cm³/mol. The Kier molecular flexibility index (Phi) is 4.84. The van der Waals surface area contributed by atoms with E-state index in [4.69, 9.17) is 15.2 Å². The topological polar surface area (TPSA) is 87.6 Å². The highest BCUT2D eigenvalue weighted by Gasteiger charge is 2.27. The number of rotatable bonds is 4. The summed E-state index contributed by atoms with van der Waals surface area (Å²) in [6, 6.07) is 1.30. The van der Waals surface area contributed by atoms with Crippen LogP contribution in [-0.4, -0.2) is 18.1 Å². The molecule has 9 heteroatoms. The third kappa shape index (κ3) is 3.21. The number of fused-ring (bicyclic) bond motifs is 1. The average molecular weight is 297 g/mol. The second-order valence-electron chi connectivity index (χ2n) is 3.75. The summed E-state index contributed by atoms with van der Waals surface area (Å²) in [7, 11) is 0. The average Bonchev–Trinajstić information content (AvgIpc) is 2.72. The Morgan fingerprint density at radius 1 is 1.37 bits per heavy atom. The molecule has 6 nitrogen and oxygen atoms in total. The summed E-state index contributed by atoms with van der Waals surface area (Å²) in [5.41, 5.74) is 5.23. The van der Waals surface area contributed by atoms with Crippen molar-refractivity contribution in [2.75, 3.05) is 6.79 Å². The van der Waals surface area contributed by atoms with Gasteiger partial charge >= 0.3 is 0 Å². The molecule has 0 unspecified atom stereocenters. The van der Waals surface area contributed by atoms with Gasteiger partial charge in [0.25, 0.3) is 5.69 Å². The fraction of sp³-hybridized carbons (Fsp3) is 0.400. The van der Waals surface area contributed by atoms with Gasteiger partial charge in [0.2, 0.25) is 13.2 Å². The van der Waals surface area contributed by atoms with E-state index in [-0.39, 0.29) is 41.9 Å². The number of halogens is 3. The highest BCUT2D eigenvalue weighted by molar-refractivity contribution is 5.85. The Morgan fingerprint density at radius 3 is 2.47 bits per heavy atom. The quantitative estimate of drug-likeness (QED) is 0.681. The molecule has 0 amide bonds. The van der Waals surface area contributed by atoms with Gasteiger partial charge in [-0.1, -0.05) is 0 Å². The van der Waals surface area contributed by atoms with Gasteiger partial charge in [-0.2, -0.15) is 0 Å². The normalized spacial score (nSPS) is 14.1. The molecular weight excluding hydrogens is 286 g/mol. The Labute approximate surface area is 113 Å². The molecule has 19 heavy (non-hydrogen) atoms. The first-order valence-corrected chi connectivity index (χ1v) is 5.10. The summed E-state index contributed by atoms with van der Waals surface area (Å²) in [6.07, 6.45) is -3.29. The molecule has 0 saturated carbocycles. The van der Waals surface area contributed by atoms with Gasteiger partial charge in [0.15, 0.2) is 11.5 Å². The van der Waals surface area contributed by atoms with E-state index in [1.807, 2.05) is 0 Å². The van der Waals surface area contributed by atoms with Crippen LogP contribution in [0.3, 0.4) is 0 Å². The molecule has 1 aromatic carbocycles. The zero-order valence-corrected chi connectivity index (χ0v) is 10.4. The summed E-state index contributed by atoms with van der Waals surface area (Å²) in [6.45, 7) is -0.0555. The molecule has 0 spiro atoms. The molecule has 0 aliphatic carbocycles. The summed E-state index contributed by atoms with van der Waals surface area (Å²) < 4.78 is 34.6. The lowest BCUT2D eigenvalue weighted by molar-refractivity contribution is -0.385. The Hall–Kier alpha value is -1.67. The second-order valence-corrected chi connectivity index (χ2v) is 3.75.